The molecule has 0 radical (unpaired) electrons. The maximum Gasteiger partial charge on any atom is 0.146 e. The van der Waals surface area contributed by atoms with Crippen LogP contribution in [0.2, 0.25) is 0 Å². The molecule has 1 N–H and O–H groups in total. The lowest BCUT2D eigenvalue weighted by Crippen LogP contribution is -2.32. The molecule has 0 aliphatic heterocycles. The van der Waals surface area contributed by atoms with Crippen molar-refractivity contribution in [3.8, 4) is 0 Å². The lowest BCUT2D eigenvalue weighted by molar-refractivity contribution is 0.269. The predicted octanol–water partition coefficient (Wildman–Crippen LogP) is 1.06. The summed E-state index contributed by atoms with van der Waals surface area (Å²) >= 11 is 3.35. The van der Waals surface area contributed by atoms with Crippen LogP contribution in [-0.4, -0.2) is 34.8 Å². The van der Waals surface area contributed by atoms with Crippen LogP contribution in [-0.2, 0) is 0 Å². The number of aliphatic hydroxyl groups is 1. The molecular weight excluding hydrogens is 234 g/mol. The van der Waals surface area contributed by atoms with Crippen molar-refractivity contribution in [3.63, 3.8) is 0 Å². The molecule has 1 unspecified atom stereocenters. The first-order valence-corrected chi connectivity index (χ1v) is 4.75. The smallest absolute Gasteiger partial charge is 0.146 e. The van der Waals surface area contributed by atoms with Gasteiger partial charge >= 0.3 is 0 Å². The maximum absolute atomic E-state index is 8.96. The Hall–Kier alpha value is -0.680. The quantitative estimate of drug-likeness (QED) is 0.866. The topological polar surface area (TPSA) is 49.2 Å². The third-order valence-electron chi connectivity index (χ3n) is 1.91. The molecule has 0 aliphatic rings. The van der Waals surface area contributed by atoms with Gasteiger partial charge in [-0.05, 0) is 22.9 Å². The Balaban J connectivity index is 2.88. The molecule has 0 fully saturated rings. The van der Waals surface area contributed by atoms with E-state index in [1.54, 1.807) is 6.20 Å². The summed E-state index contributed by atoms with van der Waals surface area (Å²) in [5.74, 6) is 0.788. The fourth-order valence-electron chi connectivity index (χ4n) is 0.897. The van der Waals surface area contributed by atoms with Crippen LogP contribution < -0.4 is 4.90 Å². The largest absolute Gasteiger partial charge is 0.394 e. The summed E-state index contributed by atoms with van der Waals surface area (Å²) in [6, 6.07) is 0.0474. The normalized spacial score (nSPS) is 12.6. The summed E-state index contributed by atoms with van der Waals surface area (Å²) in [6.45, 7) is 2.03. The second-order valence-corrected chi connectivity index (χ2v) is 3.69. The van der Waals surface area contributed by atoms with Gasteiger partial charge in [0.1, 0.15) is 12.1 Å². The predicted molar refractivity (Wildman–Crippen MR) is 54.7 cm³/mol. The van der Waals surface area contributed by atoms with Crippen molar-refractivity contribution in [2.45, 2.75) is 13.0 Å². The van der Waals surface area contributed by atoms with Crippen molar-refractivity contribution < 1.29 is 5.11 Å². The summed E-state index contributed by atoms with van der Waals surface area (Å²) in [5.41, 5.74) is 0. The summed E-state index contributed by atoms with van der Waals surface area (Å²) in [7, 11) is 1.88. The van der Waals surface area contributed by atoms with Crippen LogP contribution in [0.5, 0.6) is 0 Å². The molecule has 1 aromatic heterocycles. The van der Waals surface area contributed by atoms with Crippen LogP contribution in [0.1, 0.15) is 6.92 Å². The van der Waals surface area contributed by atoms with Crippen LogP contribution in [0.3, 0.4) is 0 Å². The van der Waals surface area contributed by atoms with Crippen molar-refractivity contribution in [2.75, 3.05) is 18.6 Å². The van der Waals surface area contributed by atoms with E-state index in [1.807, 2.05) is 18.9 Å². The molecule has 0 saturated carbocycles. The summed E-state index contributed by atoms with van der Waals surface area (Å²) < 4.78 is 0.831. The lowest BCUT2D eigenvalue weighted by Gasteiger charge is -2.24. The Morgan fingerprint density at radius 1 is 1.69 bits per heavy atom. The van der Waals surface area contributed by atoms with Gasteiger partial charge in [-0.1, -0.05) is 0 Å². The van der Waals surface area contributed by atoms with Crippen molar-refractivity contribution in [1.29, 1.82) is 0 Å². The van der Waals surface area contributed by atoms with E-state index < -0.39 is 0 Å². The highest BCUT2D eigenvalue weighted by atomic mass is 79.9. The summed E-state index contributed by atoms with van der Waals surface area (Å²) in [4.78, 5) is 9.86. The lowest BCUT2D eigenvalue weighted by atomic mass is 10.3. The SMILES string of the molecule is CC(CO)N(C)c1ncncc1Br. The Kier molecular flexibility index (Phi) is 3.62. The van der Waals surface area contributed by atoms with Gasteiger partial charge in [0.25, 0.3) is 0 Å². The molecular formula is C8H12BrN3O. The molecule has 0 aliphatic carbocycles. The number of hydrogen-bond acceptors (Lipinski definition) is 4. The first-order chi connectivity index (χ1) is 6.16. The highest BCUT2D eigenvalue weighted by Gasteiger charge is 2.12. The van der Waals surface area contributed by atoms with Crippen LogP contribution in [0.4, 0.5) is 5.82 Å². The number of nitrogens with zero attached hydrogens (tertiary/aromatic N) is 3. The van der Waals surface area contributed by atoms with Crippen LogP contribution in [0.25, 0.3) is 0 Å². The molecule has 0 saturated heterocycles. The zero-order valence-electron chi connectivity index (χ0n) is 7.61. The maximum atomic E-state index is 8.96. The molecule has 0 aromatic carbocycles. The summed E-state index contributed by atoms with van der Waals surface area (Å²) in [6.07, 6.45) is 3.17. The standard InChI is InChI=1S/C8H12BrN3O/c1-6(4-13)12(2)8-7(9)3-10-5-11-8/h3,5-6,13H,4H2,1-2H3. The zero-order valence-corrected chi connectivity index (χ0v) is 9.19. The van der Waals surface area contributed by atoms with Gasteiger partial charge < -0.3 is 10.0 Å². The highest BCUT2D eigenvalue weighted by Crippen LogP contribution is 2.21. The van der Waals surface area contributed by atoms with Crippen molar-refractivity contribution in [1.82, 2.24) is 9.97 Å². The average Bonchev–Trinajstić information content (AvgIpc) is 2.16. The van der Waals surface area contributed by atoms with E-state index in [2.05, 4.69) is 25.9 Å². The minimum absolute atomic E-state index is 0.0474. The molecule has 72 valence electrons. The Labute approximate surface area is 85.8 Å². The first kappa shape index (κ1) is 10.4. The van der Waals surface area contributed by atoms with Gasteiger partial charge in [-0.25, -0.2) is 9.97 Å². The van der Waals surface area contributed by atoms with Crippen molar-refractivity contribution in [3.05, 3.63) is 17.0 Å². The number of halogens is 1. The van der Waals surface area contributed by atoms with E-state index in [-0.39, 0.29) is 12.6 Å². The molecule has 1 heterocycles. The third-order valence-corrected chi connectivity index (χ3v) is 2.47. The van der Waals surface area contributed by atoms with E-state index in [0.717, 1.165) is 10.3 Å². The van der Waals surface area contributed by atoms with Gasteiger partial charge in [-0.15, -0.1) is 0 Å². The molecule has 0 bridgehead atoms. The van der Waals surface area contributed by atoms with Gasteiger partial charge in [-0.2, -0.15) is 0 Å². The van der Waals surface area contributed by atoms with Gasteiger partial charge in [-0.3, -0.25) is 0 Å². The fourth-order valence-corrected chi connectivity index (χ4v) is 1.40. The van der Waals surface area contributed by atoms with Gasteiger partial charge in [0, 0.05) is 13.2 Å². The molecule has 5 heteroatoms. The second-order valence-electron chi connectivity index (χ2n) is 2.84. The number of aromatic nitrogens is 2. The summed E-state index contributed by atoms with van der Waals surface area (Å²) in [5, 5.41) is 8.96. The third kappa shape index (κ3) is 2.38. The van der Waals surface area contributed by atoms with E-state index >= 15 is 0 Å². The molecule has 13 heavy (non-hydrogen) atoms. The van der Waals surface area contributed by atoms with Crippen LogP contribution in [0.15, 0.2) is 17.0 Å². The minimum Gasteiger partial charge on any atom is -0.394 e. The van der Waals surface area contributed by atoms with E-state index in [9.17, 15) is 0 Å². The first-order valence-electron chi connectivity index (χ1n) is 3.96. The van der Waals surface area contributed by atoms with E-state index in [1.165, 1.54) is 6.33 Å². The second kappa shape index (κ2) is 4.53. The molecule has 0 amide bonds. The van der Waals surface area contributed by atoms with E-state index in [0.29, 0.717) is 0 Å². The Bertz CT molecular complexity index is 282. The van der Waals surface area contributed by atoms with Gasteiger partial charge in [0.2, 0.25) is 0 Å². The Morgan fingerprint density at radius 2 is 2.38 bits per heavy atom. The van der Waals surface area contributed by atoms with Gasteiger partial charge in [0.15, 0.2) is 0 Å². The molecule has 1 rings (SSSR count). The molecule has 1 aromatic rings. The van der Waals surface area contributed by atoms with Crippen molar-refractivity contribution in [2.24, 2.45) is 0 Å². The number of hydrogen-bond donors (Lipinski definition) is 1. The molecule has 4 nitrogen and oxygen atoms in total. The van der Waals surface area contributed by atoms with Crippen LogP contribution >= 0.6 is 15.9 Å². The van der Waals surface area contributed by atoms with Crippen molar-refractivity contribution >= 4 is 21.7 Å². The van der Waals surface area contributed by atoms with Crippen LogP contribution in [0, 0.1) is 0 Å². The number of likely N-dealkylation sites (N-methyl/N-ethyl adjacent to an activating group) is 1. The Morgan fingerprint density at radius 3 is 2.92 bits per heavy atom. The van der Waals surface area contributed by atoms with Gasteiger partial charge in [0.05, 0.1) is 17.1 Å². The number of aliphatic hydroxyl groups excluding tert-OH is 1. The average molecular weight is 246 g/mol. The number of anilines is 1. The van der Waals surface area contributed by atoms with E-state index in [4.69, 9.17) is 5.11 Å². The molecule has 0 spiro atoms. The monoisotopic (exact) mass is 245 g/mol. The minimum atomic E-state index is 0.0474. The highest BCUT2D eigenvalue weighted by molar-refractivity contribution is 9.10. The zero-order chi connectivity index (χ0) is 9.84. The number of rotatable bonds is 3. The fraction of sp³-hybridized carbons (Fsp3) is 0.500. The molecule has 1 atom stereocenters.